The van der Waals surface area contributed by atoms with Crippen LogP contribution in [-0.4, -0.2) is 28.2 Å². The molecule has 0 aliphatic heterocycles. The van der Waals surface area contributed by atoms with Crippen LogP contribution in [0.4, 0.5) is 5.82 Å². The van der Waals surface area contributed by atoms with Crippen LogP contribution >= 0.6 is 0 Å². The molecule has 2 N–H and O–H groups in total. The van der Waals surface area contributed by atoms with Crippen molar-refractivity contribution in [3.8, 4) is 5.75 Å². The normalized spacial score (nSPS) is 10.3. The van der Waals surface area contributed by atoms with Crippen LogP contribution in [0.1, 0.15) is 26.5 Å². The van der Waals surface area contributed by atoms with Crippen LogP contribution in [0.2, 0.25) is 0 Å². The van der Waals surface area contributed by atoms with Gasteiger partial charge in [0.25, 0.3) is 0 Å². The lowest BCUT2D eigenvalue weighted by Crippen LogP contribution is -2.27. The molecular weight excluding hydrogens is 194 g/mol. The first-order valence-electron chi connectivity index (χ1n) is 5.21. The molecule has 1 rings (SSSR count). The Labute approximate surface area is 88.8 Å². The fraction of sp³-hybridized carbons (Fsp3) is 0.600. The van der Waals surface area contributed by atoms with E-state index in [2.05, 4.69) is 9.97 Å². The molecule has 0 fully saturated rings. The number of hydrogen-bond donors (Lipinski definition) is 2. The Morgan fingerprint density at radius 3 is 2.40 bits per heavy atom. The summed E-state index contributed by atoms with van der Waals surface area (Å²) in [6.45, 7) is 7.21. The van der Waals surface area contributed by atoms with E-state index in [9.17, 15) is 9.90 Å². The maximum absolute atomic E-state index is 11.3. The predicted octanol–water partition coefficient (Wildman–Crippen LogP) is 0.884. The lowest BCUT2D eigenvalue weighted by molar-refractivity contribution is 0.459. The van der Waals surface area contributed by atoms with Crippen molar-refractivity contribution in [1.82, 2.24) is 9.97 Å². The Morgan fingerprint density at radius 1 is 1.33 bits per heavy atom. The molecule has 1 aromatic rings. The molecule has 0 amide bonds. The summed E-state index contributed by atoms with van der Waals surface area (Å²) in [5, 5.41) is 9.87. The topological polar surface area (TPSA) is 69.2 Å². The first kappa shape index (κ1) is 11.6. The van der Waals surface area contributed by atoms with Crippen LogP contribution in [0, 0.1) is 0 Å². The molecule has 0 radical (unpaired) electrons. The molecule has 0 aliphatic carbocycles. The van der Waals surface area contributed by atoms with E-state index in [1.807, 2.05) is 25.7 Å². The number of H-pyrrole nitrogens is 1. The zero-order valence-corrected chi connectivity index (χ0v) is 9.37. The third-order valence-corrected chi connectivity index (χ3v) is 2.38. The number of anilines is 1. The van der Waals surface area contributed by atoms with Crippen molar-refractivity contribution in [2.45, 2.75) is 27.2 Å². The van der Waals surface area contributed by atoms with Gasteiger partial charge in [0.2, 0.25) is 0 Å². The van der Waals surface area contributed by atoms with Gasteiger partial charge in [-0.05, 0) is 20.3 Å². The zero-order valence-electron chi connectivity index (χ0n) is 9.37. The summed E-state index contributed by atoms with van der Waals surface area (Å²) < 4.78 is 0. The van der Waals surface area contributed by atoms with Crippen LogP contribution in [0.5, 0.6) is 5.75 Å². The van der Waals surface area contributed by atoms with Crippen LogP contribution in [0.15, 0.2) is 4.79 Å². The molecule has 0 atom stereocenters. The number of rotatable bonds is 4. The quantitative estimate of drug-likeness (QED) is 0.775. The number of aromatic hydroxyl groups is 1. The second kappa shape index (κ2) is 4.82. The molecule has 0 saturated carbocycles. The Bertz CT molecular complexity index is 383. The highest BCUT2D eigenvalue weighted by molar-refractivity contribution is 5.53. The Hall–Kier alpha value is -1.52. The standard InChI is InChI=1S/C10H17N3O2/c1-4-7-8(14)9(12-10(15)11-7)13(5-2)6-3/h14H,4-6H2,1-3H3,(H,11,12,15). The number of nitrogens with one attached hydrogen (secondary N) is 1. The van der Waals surface area contributed by atoms with E-state index in [0.29, 0.717) is 31.0 Å². The molecule has 0 aromatic carbocycles. The number of aromatic nitrogens is 2. The van der Waals surface area contributed by atoms with E-state index in [4.69, 9.17) is 0 Å². The zero-order chi connectivity index (χ0) is 11.4. The molecule has 0 spiro atoms. The first-order valence-corrected chi connectivity index (χ1v) is 5.21. The third kappa shape index (κ3) is 2.29. The van der Waals surface area contributed by atoms with Gasteiger partial charge in [0.05, 0.1) is 5.69 Å². The van der Waals surface area contributed by atoms with E-state index in [0.717, 1.165) is 0 Å². The van der Waals surface area contributed by atoms with Crippen molar-refractivity contribution in [3.63, 3.8) is 0 Å². The number of aryl methyl sites for hydroxylation is 1. The summed E-state index contributed by atoms with van der Waals surface area (Å²) in [7, 11) is 0. The summed E-state index contributed by atoms with van der Waals surface area (Å²) in [6.07, 6.45) is 0.581. The highest BCUT2D eigenvalue weighted by atomic mass is 16.3. The number of aromatic amines is 1. The first-order chi connectivity index (χ1) is 7.13. The molecule has 84 valence electrons. The monoisotopic (exact) mass is 211 g/mol. The molecule has 0 saturated heterocycles. The number of nitrogens with zero attached hydrogens (tertiary/aromatic N) is 2. The Morgan fingerprint density at radius 2 is 1.93 bits per heavy atom. The van der Waals surface area contributed by atoms with Gasteiger partial charge in [0, 0.05) is 13.1 Å². The molecule has 5 nitrogen and oxygen atoms in total. The minimum absolute atomic E-state index is 0.0841. The highest BCUT2D eigenvalue weighted by Crippen LogP contribution is 2.25. The Balaban J connectivity index is 3.27. The summed E-state index contributed by atoms with van der Waals surface area (Å²) in [5.74, 6) is 0.460. The lowest BCUT2D eigenvalue weighted by Gasteiger charge is -2.20. The second-order valence-electron chi connectivity index (χ2n) is 3.22. The Kier molecular flexibility index (Phi) is 3.71. The van der Waals surface area contributed by atoms with Crippen LogP contribution in [0.3, 0.4) is 0 Å². The smallest absolute Gasteiger partial charge is 0.347 e. The van der Waals surface area contributed by atoms with Crippen molar-refractivity contribution in [1.29, 1.82) is 0 Å². The maximum Gasteiger partial charge on any atom is 0.347 e. The van der Waals surface area contributed by atoms with Gasteiger partial charge in [-0.2, -0.15) is 4.98 Å². The molecule has 5 heteroatoms. The molecule has 0 bridgehead atoms. The van der Waals surface area contributed by atoms with Crippen LogP contribution in [0.25, 0.3) is 0 Å². The van der Waals surface area contributed by atoms with Crippen molar-refractivity contribution in [2.24, 2.45) is 0 Å². The van der Waals surface area contributed by atoms with E-state index in [1.54, 1.807) is 0 Å². The maximum atomic E-state index is 11.3. The van der Waals surface area contributed by atoms with Crippen molar-refractivity contribution in [3.05, 3.63) is 16.2 Å². The summed E-state index contributed by atoms with van der Waals surface area (Å²) in [6, 6.07) is 0. The SMILES string of the molecule is CCc1[nH]c(=O)nc(N(CC)CC)c1O. The summed E-state index contributed by atoms with van der Waals surface area (Å²) in [4.78, 5) is 19.4. The molecule has 15 heavy (non-hydrogen) atoms. The van der Waals surface area contributed by atoms with Crippen molar-refractivity contribution >= 4 is 5.82 Å². The minimum atomic E-state index is -0.411. The van der Waals surface area contributed by atoms with Gasteiger partial charge < -0.3 is 15.0 Å². The molecule has 1 heterocycles. The third-order valence-electron chi connectivity index (χ3n) is 2.38. The minimum Gasteiger partial charge on any atom is -0.503 e. The average molecular weight is 211 g/mol. The van der Waals surface area contributed by atoms with Gasteiger partial charge >= 0.3 is 5.69 Å². The van der Waals surface area contributed by atoms with Gasteiger partial charge in [-0.25, -0.2) is 4.79 Å². The van der Waals surface area contributed by atoms with E-state index >= 15 is 0 Å². The van der Waals surface area contributed by atoms with Gasteiger partial charge in [-0.1, -0.05) is 6.92 Å². The summed E-state index contributed by atoms with van der Waals surface area (Å²) >= 11 is 0. The fourth-order valence-electron chi connectivity index (χ4n) is 1.50. The van der Waals surface area contributed by atoms with E-state index in [-0.39, 0.29) is 5.75 Å². The molecule has 0 unspecified atom stereocenters. The second-order valence-corrected chi connectivity index (χ2v) is 3.22. The van der Waals surface area contributed by atoms with Gasteiger partial charge in [-0.3, -0.25) is 0 Å². The summed E-state index contributed by atoms with van der Waals surface area (Å²) in [5.41, 5.74) is 0.128. The largest absolute Gasteiger partial charge is 0.503 e. The average Bonchev–Trinajstić information content (AvgIpc) is 2.24. The lowest BCUT2D eigenvalue weighted by atomic mass is 10.3. The molecule has 1 aromatic heterocycles. The molecule has 0 aliphatic rings. The molecular formula is C10H17N3O2. The van der Waals surface area contributed by atoms with Crippen molar-refractivity contribution in [2.75, 3.05) is 18.0 Å². The van der Waals surface area contributed by atoms with Crippen LogP contribution < -0.4 is 10.6 Å². The van der Waals surface area contributed by atoms with Gasteiger partial charge in [0.1, 0.15) is 0 Å². The van der Waals surface area contributed by atoms with E-state index < -0.39 is 5.69 Å². The van der Waals surface area contributed by atoms with Crippen molar-refractivity contribution < 1.29 is 5.11 Å². The highest BCUT2D eigenvalue weighted by Gasteiger charge is 2.14. The van der Waals surface area contributed by atoms with Crippen LogP contribution in [-0.2, 0) is 6.42 Å². The fourth-order valence-corrected chi connectivity index (χ4v) is 1.50. The van der Waals surface area contributed by atoms with Gasteiger partial charge in [-0.15, -0.1) is 0 Å². The van der Waals surface area contributed by atoms with Gasteiger partial charge in [0.15, 0.2) is 11.6 Å². The predicted molar refractivity (Wildman–Crippen MR) is 59.5 cm³/mol. The van der Waals surface area contributed by atoms with E-state index in [1.165, 1.54) is 0 Å². The number of hydrogen-bond acceptors (Lipinski definition) is 4.